The van der Waals surface area contributed by atoms with Crippen molar-refractivity contribution in [2.75, 3.05) is 13.1 Å². The molecule has 2 aliphatic heterocycles. The van der Waals surface area contributed by atoms with Gasteiger partial charge >= 0.3 is 0 Å². The molecule has 3 heterocycles. The number of carbonyl (C=O) groups is 2. The van der Waals surface area contributed by atoms with E-state index in [-0.39, 0.29) is 24.4 Å². The number of aryl methyl sites for hydroxylation is 1. The fourth-order valence-electron chi connectivity index (χ4n) is 4.97. The molecule has 0 aliphatic carbocycles. The zero-order chi connectivity index (χ0) is 20.1. The number of hydrogen-bond donors (Lipinski definition) is 1. The van der Waals surface area contributed by atoms with E-state index < -0.39 is 6.04 Å². The highest BCUT2D eigenvalue weighted by Gasteiger charge is 2.47. The van der Waals surface area contributed by atoms with Crippen LogP contribution < -0.4 is 0 Å². The SMILES string of the molecule is CCCN1CC(=O)N2C(c3cccc(C)c3)c3[nH]c4ccccc4c3C[C@H]2C1=O. The van der Waals surface area contributed by atoms with E-state index in [2.05, 4.69) is 42.2 Å². The molecule has 0 bridgehead atoms. The molecule has 1 aromatic heterocycles. The summed E-state index contributed by atoms with van der Waals surface area (Å²) < 4.78 is 0. The number of amides is 2. The van der Waals surface area contributed by atoms with E-state index in [1.807, 2.05) is 30.0 Å². The predicted octanol–water partition coefficient (Wildman–Crippen LogP) is 3.57. The summed E-state index contributed by atoms with van der Waals surface area (Å²) in [4.78, 5) is 33.7. The molecule has 1 unspecified atom stereocenters. The van der Waals surface area contributed by atoms with E-state index in [1.165, 1.54) is 0 Å². The minimum atomic E-state index is -0.444. The fourth-order valence-corrected chi connectivity index (χ4v) is 4.97. The Bertz CT molecular complexity index is 1120. The van der Waals surface area contributed by atoms with Crippen molar-refractivity contribution in [1.29, 1.82) is 0 Å². The van der Waals surface area contributed by atoms with Crippen LogP contribution in [0.15, 0.2) is 48.5 Å². The van der Waals surface area contributed by atoms with Crippen LogP contribution in [0.2, 0.25) is 0 Å². The number of benzene rings is 2. The average Bonchev–Trinajstić information content (AvgIpc) is 3.09. The standard InChI is InChI=1S/C24H25N3O2/c1-3-11-26-14-21(28)27-20(24(26)29)13-18-17-9-4-5-10-19(17)25-22(18)23(27)16-8-6-7-15(2)12-16/h4-10,12,20,23,25H,3,11,13-14H2,1-2H3/t20-,23?/m0/s1. The molecule has 5 heteroatoms. The minimum Gasteiger partial charge on any atom is -0.356 e. The van der Waals surface area contributed by atoms with Crippen LogP contribution in [0.4, 0.5) is 0 Å². The second kappa shape index (κ2) is 6.76. The van der Waals surface area contributed by atoms with Crippen LogP contribution in [0.25, 0.3) is 10.9 Å². The minimum absolute atomic E-state index is 0.0267. The number of nitrogens with one attached hydrogen (secondary N) is 1. The molecule has 3 aromatic rings. The zero-order valence-electron chi connectivity index (χ0n) is 16.8. The summed E-state index contributed by atoms with van der Waals surface area (Å²) in [6.07, 6.45) is 1.41. The van der Waals surface area contributed by atoms with E-state index in [0.29, 0.717) is 13.0 Å². The number of carbonyl (C=O) groups excluding carboxylic acids is 2. The third-order valence-corrected chi connectivity index (χ3v) is 6.19. The predicted molar refractivity (Wildman–Crippen MR) is 113 cm³/mol. The fraction of sp³-hybridized carbons (Fsp3) is 0.333. The van der Waals surface area contributed by atoms with Crippen molar-refractivity contribution in [1.82, 2.24) is 14.8 Å². The van der Waals surface area contributed by atoms with Gasteiger partial charge in [0, 0.05) is 29.6 Å². The Morgan fingerprint density at radius 3 is 2.72 bits per heavy atom. The largest absolute Gasteiger partial charge is 0.356 e. The highest BCUT2D eigenvalue weighted by molar-refractivity contribution is 5.97. The number of rotatable bonds is 3. The van der Waals surface area contributed by atoms with Crippen molar-refractivity contribution in [2.45, 2.75) is 38.8 Å². The van der Waals surface area contributed by atoms with Gasteiger partial charge in [0.05, 0.1) is 12.6 Å². The first-order valence-corrected chi connectivity index (χ1v) is 10.3. The van der Waals surface area contributed by atoms with Crippen LogP contribution in [0, 0.1) is 6.92 Å². The van der Waals surface area contributed by atoms with Gasteiger partial charge in [-0.1, -0.05) is 55.0 Å². The zero-order valence-corrected chi connectivity index (χ0v) is 16.8. The van der Waals surface area contributed by atoms with E-state index in [4.69, 9.17) is 0 Å². The summed E-state index contributed by atoms with van der Waals surface area (Å²) in [5.41, 5.74) is 5.45. The van der Waals surface area contributed by atoms with Gasteiger partial charge in [-0.2, -0.15) is 0 Å². The Balaban J connectivity index is 1.72. The number of hydrogen-bond acceptors (Lipinski definition) is 2. The van der Waals surface area contributed by atoms with Crippen molar-refractivity contribution in [3.05, 3.63) is 70.9 Å². The van der Waals surface area contributed by atoms with Crippen molar-refractivity contribution in [2.24, 2.45) is 0 Å². The van der Waals surface area contributed by atoms with Gasteiger partial charge in [-0.3, -0.25) is 9.59 Å². The van der Waals surface area contributed by atoms with Crippen LogP contribution in [0.5, 0.6) is 0 Å². The van der Waals surface area contributed by atoms with Crippen molar-refractivity contribution >= 4 is 22.7 Å². The number of H-pyrrole nitrogens is 1. The van der Waals surface area contributed by atoms with Gasteiger partial charge in [0.15, 0.2) is 0 Å². The summed E-state index contributed by atoms with van der Waals surface area (Å²) in [6.45, 7) is 4.90. The second-order valence-electron chi connectivity index (χ2n) is 8.16. The lowest BCUT2D eigenvalue weighted by molar-refractivity contribution is -0.158. The Labute approximate surface area is 170 Å². The van der Waals surface area contributed by atoms with Crippen molar-refractivity contribution in [3.8, 4) is 0 Å². The number of piperazine rings is 1. The summed E-state index contributed by atoms with van der Waals surface area (Å²) in [5, 5.41) is 1.15. The van der Waals surface area contributed by atoms with Crippen LogP contribution in [-0.2, 0) is 16.0 Å². The Morgan fingerprint density at radius 1 is 1.10 bits per heavy atom. The molecule has 0 spiro atoms. The van der Waals surface area contributed by atoms with Gasteiger partial charge in [-0.25, -0.2) is 0 Å². The summed E-state index contributed by atoms with van der Waals surface area (Å²) in [6, 6.07) is 15.8. The average molecular weight is 387 g/mol. The monoisotopic (exact) mass is 387 g/mol. The first kappa shape index (κ1) is 18.0. The molecule has 1 saturated heterocycles. The summed E-state index contributed by atoms with van der Waals surface area (Å²) >= 11 is 0. The third-order valence-electron chi connectivity index (χ3n) is 6.19. The van der Waals surface area contributed by atoms with Crippen LogP contribution in [-0.4, -0.2) is 45.7 Å². The molecule has 2 aromatic carbocycles. The van der Waals surface area contributed by atoms with Gasteiger partial charge in [-0.05, 0) is 30.5 Å². The first-order chi connectivity index (χ1) is 14.1. The molecule has 2 atom stereocenters. The summed E-state index contributed by atoms with van der Waals surface area (Å²) in [5.74, 6) is 0.0962. The molecule has 148 valence electrons. The smallest absolute Gasteiger partial charge is 0.246 e. The maximum atomic E-state index is 13.3. The number of fused-ring (bicyclic) bond motifs is 4. The number of aromatic amines is 1. The Kier molecular flexibility index (Phi) is 4.19. The normalized spacial score (nSPS) is 21.4. The quantitative estimate of drug-likeness (QED) is 0.747. The third kappa shape index (κ3) is 2.76. The number of para-hydroxylation sites is 1. The molecule has 2 aliphatic rings. The molecule has 1 fully saturated rings. The van der Waals surface area contributed by atoms with Gasteiger partial charge in [0.2, 0.25) is 11.8 Å². The Hall–Kier alpha value is -3.08. The molecule has 29 heavy (non-hydrogen) atoms. The molecular formula is C24H25N3O2. The maximum Gasteiger partial charge on any atom is 0.246 e. The lowest BCUT2D eigenvalue weighted by atomic mass is 9.86. The van der Waals surface area contributed by atoms with Gasteiger partial charge < -0.3 is 14.8 Å². The molecule has 5 nitrogen and oxygen atoms in total. The highest BCUT2D eigenvalue weighted by Crippen LogP contribution is 2.42. The van der Waals surface area contributed by atoms with E-state index in [9.17, 15) is 9.59 Å². The molecule has 5 rings (SSSR count). The van der Waals surface area contributed by atoms with Gasteiger partial charge in [-0.15, -0.1) is 0 Å². The summed E-state index contributed by atoms with van der Waals surface area (Å²) in [7, 11) is 0. The first-order valence-electron chi connectivity index (χ1n) is 10.3. The van der Waals surface area contributed by atoms with E-state index in [1.54, 1.807) is 4.90 Å². The van der Waals surface area contributed by atoms with Crippen LogP contribution in [0.1, 0.15) is 41.8 Å². The lowest BCUT2D eigenvalue weighted by Crippen LogP contribution is -2.63. The second-order valence-corrected chi connectivity index (χ2v) is 8.16. The van der Waals surface area contributed by atoms with Gasteiger partial charge in [0.1, 0.15) is 6.04 Å². The topological polar surface area (TPSA) is 56.4 Å². The lowest BCUT2D eigenvalue weighted by Gasteiger charge is -2.47. The van der Waals surface area contributed by atoms with Gasteiger partial charge in [0.25, 0.3) is 0 Å². The maximum absolute atomic E-state index is 13.3. The van der Waals surface area contributed by atoms with Crippen molar-refractivity contribution < 1.29 is 9.59 Å². The Morgan fingerprint density at radius 2 is 1.93 bits per heavy atom. The van der Waals surface area contributed by atoms with Crippen LogP contribution >= 0.6 is 0 Å². The van der Waals surface area contributed by atoms with Crippen molar-refractivity contribution in [3.63, 3.8) is 0 Å². The molecule has 0 saturated carbocycles. The number of aromatic nitrogens is 1. The molecule has 1 N–H and O–H groups in total. The highest BCUT2D eigenvalue weighted by atomic mass is 16.2. The molecule has 2 amide bonds. The molecular weight excluding hydrogens is 362 g/mol. The number of nitrogens with zero attached hydrogens (tertiary/aromatic N) is 2. The van der Waals surface area contributed by atoms with E-state index >= 15 is 0 Å². The van der Waals surface area contributed by atoms with Crippen LogP contribution in [0.3, 0.4) is 0 Å². The van der Waals surface area contributed by atoms with E-state index in [0.717, 1.165) is 39.7 Å². The molecule has 0 radical (unpaired) electrons.